The Hall–Kier alpha value is 0.0969. The monoisotopic (exact) mass is 332 g/mol. The van der Waals surface area contributed by atoms with E-state index in [1.54, 1.807) is 0 Å². The first-order valence-corrected chi connectivity index (χ1v) is 12.4. The van der Waals surface area contributed by atoms with Gasteiger partial charge in [0.05, 0.1) is 13.2 Å². The highest BCUT2D eigenvalue weighted by atomic mass is 28.4. The lowest BCUT2D eigenvalue weighted by molar-refractivity contribution is 0.0512. The third kappa shape index (κ3) is 16.5. The van der Waals surface area contributed by atoms with Crippen molar-refractivity contribution in [3.8, 4) is 0 Å². The number of hydrogen-bond donors (Lipinski definition) is 0. The Morgan fingerprint density at radius 3 is 1.68 bits per heavy atom. The first kappa shape index (κ1) is 22.1. The van der Waals surface area contributed by atoms with E-state index < -0.39 is 8.32 Å². The Kier molecular flexibility index (Phi) is 16.0. The normalized spacial score (nSPS) is 12.0. The van der Waals surface area contributed by atoms with Crippen LogP contribution in [0.3, 0.4) is 0 Å². The summed E-state index contributed by atoms with van der Waals surface area (Å²) in [6.07, 6.45) is 12.2. The molecule has 0 aliphatic rings. The second kappa shape index (κ2) is 16.0. The number of ether oxygens (including phenoxy) is 2. The summed E-state index contributed by atoms with van der Waals surface area (Å²) in [5, 5.41) is 0. The van der Waals surface area contributed by atoms with Gasteiger partial charge < -0.3 is 13.9 Å². The zero-order chi connectivity index (χ0) is 16.5. The molecular weight excluding hydrogens is 292 g/mol. The molecule has 0 heterocycles. The third-order valence-electron chi connectivity index (χ3n) is 4.20. The summed E-state index contributed by atoms with van der Waals surface area (Å²) in [6.45, 7) is 9.81. The van der Waals surface area contributed by atoms with Crippen LogP contribution in [0.5, 0.6) is 0 Å². The van der Waals surface area contributed by atoms with Gasteiger partial charge in [-0.25, -0.2) is 0 Å². The van der Waals surface area contributed by atoms with E-state index in [1.807, 2.05) is 14.0 Å². The van der Waals surface area contributed by atoms with Crippen LogP contribution in [-0.2, 0) is 13.9 Å². The predicted octanol–water partition coefficient (Wildman–Crippen LogP) is 5.40. The first-order chi connectivity index (χ1) is 10.6. The Morgan fingerprint density at radius 1 is 0.636 bits per heavy atom. The maximum Gasteiger partial charge on any atom is 0.186 e. The number of hydrogen-bond acceptors (Lipinski definition) is 3. The van der Waals surface area contributed by atoms with Gasteiger partial charge in [0.1, 0.15) is 0 Å². The average molecular weight is 333 g/mol. The van der Waals surface area contributed by atoms with E-state index in [4.69, 9.17) is 13.9 Å². The Balaban J connectivity index is 3.06. The summed E-state index contributed by atoms with van der Waals surface area (Å²) in [5.74, 6) is 0. The molecule has 0 aromatic rings. The van der Waals surface area contributed by atoms with Crippen molar-refractivity contribution in [1.29, 1.82) is 0 Å². The molecular formula is C18H40O3Si. The molecule has 0 spiro atoms. The van der Waals surface area contributed by atoms with Gasteiger partial charge in [0, 0.05) is 20.3 Å². The van der Waals surface area contributed by atoms with Crippen LogP contribution in [0.4, 0.5) is 0 Å². The van der Waals surface area contributed by atoms with Crippen molar-refractivity contribution in [3.63, 3.8) is 0 Å². The smallest absolute Gasteiger partial charge is 0.186 e. The fourth-order valence-electron chi connectivity index (χ4n) is 2.46. The average Bonchev–Trinajstić information content (AvgIpc) is 2.51. The first-order valence-electron chi connectivity index (χ1n) is 9.33. The van der Waals surface area contributed by atoms with E-state index in [0.717, 1.165) is 26.4 Å². The lowest BCUT2D eigenvalue weighted by atomic mass is 10.1. The van der Waals surface area contributed by atoms with Gasteiger partial charge in [-0.05, 0) is 32.5 Å². The highest BCUT2D eigenvalue weighted by molar-refractivity contribution is 6.71. The Morgan fingerprint density at radius 2 is 1.14 bits per heavy atom. The molecule has 0 atom stereocenters. The zero-order valence-electron chi connectivity index (χ0n) is 15.6. The van der Waals surface area contributed by atoms with E-state index in [-0.39, 0.29) is 0 Å². The quantitative estimate of drug-likeness (QED) is 0.263. The summed E-state index contributed by atoms with van der Waals surface area (Å²) >= 11 is 0. The molecule has 0 saturated carbocycles. The molecule has 0 bridgehead atoms. The van der Waals surface area contributed by atoms with Gasteiger partial charge in [-0.3, -0.25) is 0 Å². The highest BCUT2D eigenvalue weighted by Gasteiger charge is 2.18. The molecule has 0 rings (SSSR count). The molecule has 0 aliphatic heterocycles. The van der Waals surface area contributed by atoms with Gasteiger partial charge in [0.25, 0.3) is 0 Å². The molecule has 22 heavy (non-hydrogen) atoms. The third-order valence-corrected chi connectivity index (χ3v) is 6.86. The summed E-state index contributed by atoms with van der Waals surface area (Å²) < 4.78 is 16.3. The fourth-order valence-corrected chi connectivity index (χ4v) is 3.76. The molecule has 134 valence electrons. The standard InChI is InChI=1S/C18H40O3Si/c1-5-20-16-17-21-15-13-11-9-7-6-8-10-12-14-18-22(3,4)19-2/h5-18H2,1-4H3. The van der Waals surface area contributed by atoms with Crippen molar-refractivity contribution >= 4 is 8.32 Å². The highest BCUT2D eigenvalue weighted by Crippen LogP contribution is 2.16. The van der Waals surface area contributed by atoms with Crippen LogP contribution < -0.4 is 0 Å². The lowest BCUT2D eigenvalue weighted by Gasteiger charge is -2.19. The lowest BCUT2D eigenvalue weighted by Crippen LogP contribution is -2.27. The van der Waals surface area contributed by atoms with Crippen molar-refractivity contribution < 1.29 is 13.9 Å². The van der Waals surface area contributed by atoms with Crippen LogP contribution in [0.1, 0.15) is 64.7 Å². The molecule has 0 fully saturated rings. The molecule has 0 amide bonds. The van der Waals surface area contributed by atoms with Gasteiger partial charge in [-0.1, -0.05) is 51.4 Å². The minimum atomic E-state index is -1.30. The molecule has 0 saturated heterocycles. The summed E-state index contributed by atoms with van der Waals surface area (Å²) in [5.41, 5.74) is 0. The second-order valence-electron chi connectivity index (χ2n) is 6.71. The SMILES string of the molecule is CCOCCOCCCCCCCCCCC[Si](C)(C)OC. The molecule has 0 N–H and O–H groups in total. The zero-order valence-corrected chi connectivity index (χ0v) is 16.6. The van der Waals surface area contributed by atoms with E-state index >= 15 is 0 Å². The minimum Gasteiger partial charge on any atom is -0.420 e. The van der Waals surface area contributed by atoms with Gasteiger partial charge in [-0.15, -0.1) is 0 Å². The van der Waals surface area contributed by atoms with E-state index in [2.05, 4.69) is 13.1 Å². The van der Waals surface area contributed by atoms with Crippen LogP contribution in [0.2, 0.25) is 19.1 Å². The molecule has 0 aromatic heterocycles. The van der Waals surface area contributed by atoms with Crippen LogP contribution in [-0.4, -0.2) is 41.9 Å². The van der Waals surface area contributed by atoms with Gasteiger partial charge in [0.2, 0.25) is 0 Å². The Bertz CT molecular complexity index is 222. The van der Waals surface area contributed by atoms with Gasteiger partial charge >= 0.3 is 0 Å². The van der Waals surface area contributed by atoms with Crippen LogP contribution in [0.25, 0.3) is 0 Å². The molecule has 0 aromatic carbocycles. The minimum absolute atomic E-state index is 0.737. The largest absolute Gasteiger partial charge is 0.420 e. The molecule has 0 radical (unpaired) electrons. The second-order valence-corrected chi connectivity index (χ2v) is 11.1. The van der Waals surface area contributed by atoms with Gasteiger partial charge in [-0.2, -0.15) is 0 Å². The predicted molar refractivity (Wildman–Crippen MR) is 98.2 cm³/mol. The van der Waals surface area contributed by atoms with E-state index in [1.165, 1.54) is 63.8 Å². The number of unbranched alkanes of at least 4 members (excludes halogenated alkanes) is 8. The van der Waals surface area contributed by atoms with Crippen LogP contribution in [0, 0.1) is 0 Å². The van der Waals surface area contributed by atoms with Crippen molar-refractivity contribution in [2.75, 3.05) is 33.5 Å². The maximum atomic E-state index is 5.58. The van der Waals surface area contributed by atoms with E-state index in [9.17, 15) is 0 Å². The van der Waals surface area contributed by atoms with Crippen molar-refractivity contribution in [2.24, 2.45) is 0 Å². The van der Waals surface area contributed by atoms with Crippen molar-refractivity contribution in [2.45, 2.75) is 83.8 Å². The van der Waals surface area contributed by atoms with E-state index in [0.29, 0.717) is 0 Å². The molecule has 0 unspecified atom stereocenters. The van der Waals surface area contributed by atoms with Gasteiger partial charge in [0.15, 0.2) is 8.32 Å². The summed E-state index contributed by atoms with van der Waals surface area (Å²) in [7, 11) is 0.569. The van der Waals surface area contributed by atoms with Crippen LogP contribution in [0.15, 0.2) is 0 Å². The van der Waals surface area contributed by atoms with Crippen molar-refractivity contribution in [1.82, 2.24) is 0 Å². The summed E-state index contributed by atoms with van der Waals surface area (Å²) in [6, 6.07) is 1.31. The molecule has 4 heteroatoms. The summed E-state index contributed by atoms with van der Waals surface area (Å²) in [4.78, 5) is 0. The maximum absolute atomic E-state index is 5.58. The number of rotatable bonds is 17. The molecule has 0 aliphatic carbocycles. The topological polar surface area (TPSA) is 27.7 Å². The van der Waals surface area contributed by atoms with Crippen molar-refractivity contribution in [3.05, 3.63) is 0 Å². The molecule has 3 nitrogen and oxygen atoms in total. The Labute approximate surface area is 140 Å². The van der Waals surface area contributed by atoms with Crippen LogP contribution >= 0.6 is 0 Å². The fraction of sp³-hybridized carbons (Fsp3) is 1.00.